The van der Waals surface area contributed by atoms with Crippen molar-refractivity contribution in [3.05, 3.63) is 114 Å². The minimum atomic E-state index is -0.771. The van der Waals surface area contributed by atoms with Gasteiger partial charge in [-0.25, -0.2) is 9.80 Å². The lowest BCUT2D eigenvalue weighted by molar-refractivity contribution is -0.157. The first-order valence-corrected chi connectivity index (χ1v) is 15.4. The molecule has 2 fully saturated rings. The fourth-order valence-corrected chi connectivity index (χ4v) is 6.39. The van der Waals surface area contributed by atoms with E-state index in [2.05, 4.69) is 11.4 Å². The molecular weight excluding hydrogens is 578 g/mol. The highest BCUT2D eigenvalue weighted by atomic mass is 16.2. The summed E-state index contributed by atoms with van der Waals surface area (Å²) in [5.74, 6) is -0.395. The van der Waals surface area contributed by atoms with Crippen LogP contribution in [0.3, 0.4) is 0 Å². The first-order chi connectivity index (χ1) is 22.3. The molecule has 2 aliphatic heterocycles. The van der Waals surface area contributed by atoms with Crippen LogP contribution in [0.5, 0.6) is 0 Å². The molecule has 2 heterocycles. The van der Waals surface area contributed by atoms with E-state index in [0.29, 0.717) is 13.0 Å². The Balaban J connectivity index is 1.32. The van der Waals surface area contributed by atoms with Gasteiger partial charge in [-0.2, -0.15) is 10.3 Å². The standard InChI is InChI=1S/C36H37N7O3/c1-39(2)30-17-15-26(16-18-30)21-32-35(45)40(23-29-13-8-12-28-11-6-7-14-31(28)29)24-33-42(25-34(44)43(32)33)41(20-19-37)36(46)38-22-27-9-4-3-5-10-27/h3-18,32-33H,20-25H2,1-2H3,(H,38,46)/t32-,33+/m0/s1. The van der Waals surface area contributed by atoms with Gasteiger partial charge in [0.25, 0.3) is 0 Å². The number of piperazine rings is 1. The number of carbonyl (C=O) groups excluding carboxylic acids is 3. The molecule has 6 rings (SSSR count). The number of anilines is 1. The molecule has 46 heavy (non-hydrogen) atoms. The Bertz CT molecular complexity index is 1760. The molecule has 2 saturated heterocycles. The van der Waals surface area contributed by atoms with Crippen molar-refractivity contribution in [1.29, 1.82) is 5.26 Å². The van der Waals surface area contributed by atoms with Gasteiger partial charge in [0, 0.05) is 39.3 Å². The molecule has 234 valence electrons. The molecular formula is C36H37N7O3. The molecule has 0 unspecified atom stereocenters. The third-order valence-electron chi connectivity index (χ3n) is 8.74. The Labute approximate surface area is 269 Å². The van der Waals surface area contributed by atoms with E-state index in [4.69, 9.17) is 0 Å². The number of benzene rings is 4. The van der Waals surface area contributed by atoms with E-state index in [9.17, 15) is 19.6 Å². The lowest BCUT2D eigenvalue weighted by atomic mass is 9.98. The molecule has 0 spiro atoms. The lowest BCUT2D eigenvalue weighted by Gasteiger charge is -2.46. The van der Waals surface area contributed by atoms with Crippen molar-refractivity contribution in [2.75, 3.05) is 38.6 Å². The first kappa shape index (κ1) is 30.6. The number of hydrazine groups is 1. The number of urea groups is 1. The predicted molar refractivity (Wildman–Crippen MR) is 176 cm³/mol. The number of amides is 4. The van der Waals surface area contributed by atoms with Crippen LogP contribution in [0.2, 0.25) is 0 Å². The fourth-order valence-electron chi connectivity index (χ4n) is 6.39. The van der Waals surface area contributed by atoms with E-state index >= 15 is 0 Å². The zero-order valence-electron chi connectivity index (χ0n) is 26.0. The largest absolute Gasteiger partial charge is 0.378 e. The number of hydrogen-bond acceptors (Lipinski definition) is 6. The van der Waals surface area contributed by atoms with E-state index < -0.39 is 18.2 Å². The summed E-state index contributed by atoms with van der Waals surface area (Å²) >= 11 is 0. The van der Waals surface area contributed by atoms with E-state index in [1.807, 2.05) is 116 Å². The van der Waals surface area contributed by atoms with Crippen LogP contribution in [-0.2, 0) is 29.1 Å². The summed E-state index contributed by atoms with van der Waals surface area (Å²) in [5.41, 5.74) is 3.87. The molecule has 10 heteroatoms. The molecule has 4 aromatic carbocycles. The van der Waals surface area contributed by atoms with Gasteiger partial charge in [0.2, 0.25) is 11.8 Å². The summed E-state index contributed by atoms with van der Waals surface area (Å²) in [7, 11) is 3.94. The van der Waals surface area contributed by atoms with Crippen LogP contribution in [0.15, 0.2) is 97.1 Å². The molecule has 0 aromatic heterocycles. The van der Waals surface area contributed by atoms with Gasteiger partial charge >= 0.3 is 6.03 Å². The summed E-state index contributed by atoms with van der Waals surface area (Å²) in [5, 5.41) is 17.7. The Hall–Kier alpha value is -5.40. The van der Waals surface area contributed by atoms with Crippen molar-refractivity contribution in [2.24, 2.45) is 0 Å². The maximum absolute atomic E-state index is 14.3. The number of nitrogens with zero attached hydrogens (tertiary/aromatic N) is 6. The minimum absolute atomic E-state index is 0.115. The molecule has 2 atom stereocenters. The summed E-state index contributed by atoms with van der Waals surface area (Å²) in [4.78, 5) is 47.0. The van der Waals surface area contributed by atoms with Gasteiger partial charge in [-0.1, -0.05) is 84.9 Å². The summed E-state index contributed by atoms with van der Waals surface area (Å²) in [6, 6.07) is 32.4. The summed E-state index contributed by atoms with van der Waals surface area (Å²) < 4.78 is 0. The number of rotatable bonds is 9. The second kappa shape index (κ2) is 13.3. The topological polar surface area (TPSA) is 103 Å². The van der Waals surface area contributed by atoms with E-state index in [1.54, 1.807) is 14.8 Å². The smallest absolute Gasteiger partial charge is 0.333 e. The van der Waals surface area contributed by atoms with Gasteiger partial charge < -0.3 is 20.0 Å². The SMILES string of the molecule is CN(C)c1ccc(C[C@H]2C(=O)N(Cc3cccc4ccccc34)C[C@H]3N2C(=O)CN3N(CC#N)C(=O)NCc2ccccc2)cc1. The van der Waals surface area contributed by atoms with Gasteiger partial charge in [-0.3, -0.25) is 9.59 Å². The van der Waals surface area contributed by atoms with Gasteiger partial charge in [-0.15, -0.1) is 0 Å². The quantitative estimate of drug-likeness (QED) is 0.286. The molecule has 2 aliphatic rings. The van der Waals surface area contributed by atoms with Crippen molar-refractivity contribution in [3.63, 3.8) is 0 Å². The lowest BCUT2D eigenvalue weighted by Crippen LogP contribution is -2.66. The highest BCUT2D eigenvalue weighted by Gasteiger charge is 2.52. The molecule has 4 aromatic rings. The second-order valence-electron chi connectivity index (χ2n) is 11.9. The molecule has 4 amide bonds. The number of fused-ring (bicyclic) bond motifs is 2. The third kappa shape index (κ3) is 6.23. The molecule has 1 N–H and O–H groups in total. The van der Waals surface area contributed by atoms with Crippen LogP contribution >= 0.6 is 0 Å². The number of carbonyl (C=O) groups is 3. The van der Waals surface area contributed by atoms with Gasteiger partial charge in [0.1, 0.15) is 18.8 Å². The van der Waals surface area contributed by atoms with Crippen LogP contribution in [0.4, 0.5) is 10.5 Å². The Morgan fingerprint density at radius 3 is 2.37 bits per heavy atom. The maximum Gasteiger partial charge on any atom is 0.333 e. The number of nitriles is 1. The van der Waals surface area contributed by atoms with Crippen LogP contribution in [-0.4, -0.2) is 83.6 Å². The highest BCUT2D eigenvalue weighted by molar-refractivity contribution is 5.92. The highest BCUT2D eigenvalue weighted by Crippen LogP contribution is 2.31. The van der Waals surface area contributed by atoms with Crippen molar-refractivity contribution < 1.29 is 14.4 Å². The van der Waals surface area contributed by atoms with E-state index in [1.165, 1.54) is 5.01 Å². The second-order valence-corrected chi connectivity index (χ2v) is 11.9. The van der Waals surface area contributed by atoms with Crippen LogP contribution < -0.4 is 10.2 Å². The third-order valence-corrected chi connectivity index (χ3v) is 8.74. The van der Waals surface area contributed by atoms with Gasteiger partial charge in [0.15, 0.2) is 0 Å². The Morgan fingerprint density at radius 1 is 0.913 bits per heavy atom. The zero-order valence-corrected chi connectivity index (χ0v) is 26.0. The summed E-state index contributed by atoms with van der Waals surface area (Å²) in [6.45, 7) is 0.455. The van der Waals surface area contributed by atoms with Crippen LogP contribution in [0, 0.1) is 11.3 Å². The molecule has 10 nitrogen and oxygen atoms in total. The van der Waals surface area contributed by atoms with Crippen LogP contribution in [0.1, 0.15) is 16.7 Å². The minimum Gasteiger partial charge on any atom is -0.378 e. The average Bonchev–Trinajstić information content (AvgIpc) is 3.40. The van der Waals surface area contributed by atoms with Gasteiger partial charge in [-0.05, 0) is 39.6 Å². The Kier molecular flexibility index (Phi) is 8.85. The van der Waals surface area contributed by atoms with Crippen molar-refractivity contribution in [1.82, 2.24) is 25.1 Å². The number of hydrogen-bond donors (Lipinski definition) is 1. The average molecular weight is 616 g/mol. The van der Waals surface area contributed by atoms with Crippen molar-refractivity contribution in [3.8, 4) is 6.07 Å². The molecule has 0 bridgehead atoms. The summed E-state index contributed by atoms with van der Waals surface area (Å²) in [6.07, 6.45) is -0.297. The molecule has 0 aliphatic carbocycles. The maximum atomic E-state index is 14.3. The van der Waals surface area contributed by atoms with E-state index in [-0.39, 0.29) is 38.0 Å². The monoisotopic (exact) mass is 615 g/mol. The predicted octanol–water partition coefficient (Wildman–Crippen LogP) is 3.98. The molecule has 0 radical (unpaired) electrons. The van der Waals surface area contributed by atoms with Crippen LogP contribution in [0.25, 0.3) is 10.8 Å². The number of nitrogens with one attached hydrogen (secondary N) is 1. The molecule has 0 saturated carbocycles. The van der Waals surface area contributed by atoms with Crippen molar-refractivity contribution in [2.45, 2.75) is 31.7 Å². The Morgan fingerprint density at radius 2 is 1.63 bits per heavy atom. The van der Waals surface area contributed by atoms with Gasteiger partial charge in [0.05, 0.1) is 19.2 Å². The fraction of sp³-hybridized carbons (Fsp3) is 0.278. The zero-order chi connectivity index (χ0) is 32.2. The van der Waals surface area contributed by atoms with Crippen molar-refractivity contribution >= 4 is 34.3 Å². The van der Waals surface area contributed by atoms with E-state index in [0.717, 1.165) is 33.2 Å². The normalized spacial score (nSPS) is 17.9. The first-order valence-electron chi connectivity index (χ1n) is 15.4.